The van der Waals surface area contributed by atoms with Crippen LogP contribution in [0.3, 0.4) is 0 Å². The number of aliphatic hydroxyl groups excluding tert-OH is 4. The molecule has 2 aromatic rings. The van der Waals surface area contributed by atoms with Gasteiger partial charge in [-0.2, -0.15) is 0 Å². The number of hydrogen-bond acceptors (Lipinski definition) is 8. The molecule has 9 heteroatoms. The number of ether oxygens (including phenoxy) is 3. The van der Waals surface area contributed by atoms with E-state index < -0.39 is 43.1 Å². The zero-order valence-corrected chi connectivity index (χ0v) is 16.4. The maximum absolute atomic E-state index is 11.1. The Bertz CT molecular complexity index is 894. The van der Waals surface area contributed by atoms with Crippen molar-refractivity contribution in [3.05, 3.63) is 47.5 Å². The van der Waals surface area contributed by atoms with Gasteiger partial charge in [-0.25, -0.2) is 4.79 Å². The van der Waals surface area contributed by atoms with Gasteiger partial charge in [0, 0.05) is 17.2 Å². The molecule has 1 heterocycles. The third-order valence-electron chi connectivity index (χ3n) is 5.19. The highest BCUT2D eigenvalue weighted by atomic mass is 16.5. The maximum Gasteiger partial charge on any atom is 0.335 e. The number of methoxy groups -OCH3 is 2. The van der Waals surface area contributed by atoms with Gasteiger partial charge in [0.2, 0.25) is 0 Å². The molecule has 30 heavy (non-hydrogen) atoms. The first-order valence-corrected chi connectivity index (χ1v) is 9.22. The van der Waals surface area contributed by atoms with E-state index in [9.17, 15) is 25.2 Å². The van der Waals surface area contributed by atoms with Crippen LogP contribution < -0.4 is 9.47 Å². The molecule has 3 rings (SSSR count). The van der Waals surface area contributed by atoms with E-state index in [1.54, 1.807) is 24.3 Å². The van der Waals surface area contributed by atoms with Crippen LogP contribution in [0.25, 0.3) is 11.1 Å². The second kappa shape index (κ2) is 8.99. The standard InChI is InChI=1S/C21H24O9/c1-28-14-8-15(29-2)13(20-19(25)18(24)17(23)16(9-22)30-20)7-12(14)10-3-5-11(6-4-10)21(26)27/h3-8,16-20,22-25H,9H2,1-2H3,(H,26,27)/t16-,17+,18+,19-,20+/m1/s1. The van der Waals surface area contributed by atoms with Crippen molar-refractivity contribution in [3.63, 3.8) is 0 Å². The van der Waals surface area contributed by atoms with Crippen LogP contribution in [0.15, 0.2) is 36.4 Å². The van der Waals surface area contributed by atoms with E-state index in [-0.39, 0.29) is 5.56 Å². The second-order valence-corrected chi connectivity index (χ2v) is 6.93. The monoisotopic (exact) mass is 420 g/mol. The molecular formula is C21H24O9. The normalized spacial score (nSPS) is 26.3. The molecule has 1 fully saturated rings. The van der Waals surface area contributed by atoms with Crippen molar-refractivity contribution >= 4 is 5.97 Å². The van der Waals surface area contributed by atoms with E-state index in [2.05, 4.69) is 0 Å². The third kappa shape index (κ3) is 3.98. The quantitative estimate of drug-likeness (QED) is 0.453. The number of carboxylic acids is 1. The first-order chi connectivity index (χ1) is 14.3. The van der Waals surface area contributed by atoms with Crippen LogP contribution in [0.2, 0.25) is 0 Å². The minimum absolute atomic E-state index is 0.125. The van der Waals surface area contributed by atoms with Crippen molar-refractivity contribution in [2.75, 3.05) is 20.8 Å². The van der Waals surface area contributed by atoms with Crippen molar-refractivity contribution in [2.45, 2.75) is 30.5 Å². The fraction of sp³-hybridized carbons (Fsp3) is 0.381. The Morgan fingerprint density at radius 3 is 2.13 bits per heavy atom. The molecule has 5 N–H and O–H groups in total. The molecule has 9 nitrogen and oxygen atoms in total. The highest BCUT2D eigenvalue weighted by molar-refractivity contribution is 5.88. The Labute approximate surface area is 172 Å². The van der Waals surface area contributed by atoms with Gasteiger partial charge in [-0.05, 0) is 23.8 Å². The first-order valence-electron chi connectivity index (χ1n) is 9.22. The van der Waals surface area contributed by atoms with Crippen molar-refractivity contribution in [1.29, 1.82) is 0 Å². The summed E-state index contributed by atoms with van der Waals surface area (Å²) in [7, 11) is 2.89. The predicted molar refractivity (Wildman–Crippen MR) is 105 cm³/mol. The fourth-order valence-electron chi connectivity index (χ4n) is 3.52. The van der Waals surface area contributed by atoms with E-state index >= 15 is 0 Å². The molecule has 1 aliphatic heterocycles. The summed E-state index contributed by atoms with van der Waals surface area (Å²) in [6, 6.07) is 9.36. The van der Waals surface area contributed by atoms with Gasteiger partial charge in [0.15, 0.2) is 0 Å². The molecule has 0 radical (unpaired) electrons. The molecule has 0 aromatic heterocycles. The Morgan fingerprint density at radius 2 is 1.60 bits per heavy atom. The zero-order chi connectivity index (χ0) is 22.0. The van der Waals surface area contributed by atoms with Crippen LogP contribution in [0.5, 0.6) is 11.5 Å². The average molecular weight is 420 g/mol. The SMILES string of the molecule is COc1cc(OC)c([C@@H]2O[C@H](CO)[C@H](O)[C@H](O)[C@H]2O)cc1-c1ccc(C(=O)O)cc1. The van der Waals surface area contributed by atoms with Gasteiger partial charge in [0.25, 0.3) is 0 Å². The van der Waals surface area contributed by atoms with Gasteiger partial charge in [-0.1, -0.05) is 12.1 Å². The lowest BCUT2D eigenvalue weighted by molar-refractivity contribution is -0.232. The molecule has 0 aliphatic carbocycles. The molecule has 0 bridgehead atoms. The molecule has 162 valence electrons. The number of aromatic carboxylic acids is 1. The van der Waals surface area contributed by atoms with Crippen molar-refractivity contribution in [2.24, 2.45) is 0 Å². The van der Waals surface area contributed by atoms with Gasteiger partial charge in [0.05, 0.1) is 26.4 Å². The van der Waals surface area contributed by atoms with Crippen molar-refractivity contribution in [3.8, 4) is 22.6 Å². The minimum Gasteiger partial charge on any atom is -0.496 e. The van der Waals surface area contributed by atoms with Crippen LogP contribution in [-0.2, 0) is 4.74 Å². The smallest absolute Gasteiger partial charge is 0.335 e. The molecule has 0 spiro atoms. The number of carboxylic acid groups (broad SMARTS) is 1. The Balaban J connectivity index is 2.10. The molecule has 0 unspecified atom stereocenters. The Hall–Kier alpha value is -2.69. The van der Waals surface area contributed by atoms with E-state index in [0.29, 0.717) is 28.2 Å². The topological polar surface area (TPSA) is 146 Å². The molecule has 0 amide bonds. The summed E-state index contributed by atoms with van der Waals surface area (Å²) in [5.41, 5.74) is 1.71. The van der Waals surface area contributed by atoms with Crippen molar-refractivity contribution in [1.82, 2.24) is 0 Å². The van der Waals surface area contributed by atoms with Gasteiger partial charge in [-0.15, -0.1) is 0 Å². The van der Waals surface area contributed by atoms with Crippen LogP contribution >= 0.6 is 0 Å². The van der Waals surface area contributed by atoms with Crippen LogP contribution in [0, 0.1) is 0 Å². The highest BCUT2D eigenvalue weighted by Gasteiger charge is 2.45. The summed E-state index contributed by atoms with van der Waals surface area (Å²) in [4.78, 5) is 11.1. The summed E-state index contributed by atoms with van der Waals surface area (Å²) in [6.07, 6.45) is -6.66. The number of hydrogen-bond donors (Lipinski definition) is 5. The van der Waals surface area contributed by atoms with E-state index in [0.717, 1.165) is 0 Å². The van der Waals surface area contributed by atoms with E-state index in [1.807, 2.05) is 0 Å². The van der Waals surface area contributed by atoms with Crippen LogP contribution in [-0.4, -0.2) is 76.7 Å². The predicted octanol–water partition coefficient (Wildman–Crippen LogP) is 0.584. The lowest BCUT2D eigenvalue weighted by atomic mass is 9.89. The summed E-state index contributed by atoms with van der Waals surface area (Å²) < 4.78 is 16.5. The summed E-state index contributed by atoms with van der Waals surface area (Å²) in [6.45, 7) is -0.552. The van der Waals surface area contributed by atoms with Gasteiger partial charge >= 0.3 is 5.97 Å². The fourth-order valence-corrected chi connectivity index (χ4v) is 3.52. The Kier molecular flexibility index (Phi) is 6.59. The molecular weight excluding hydrogens is 396 g/mol. The third-order valence-corrected chi connectivity index (χ3v) is 5.19. The van der Waals surface area contributed by atoms with Gasteiger partial charge in [-0.3, -0.25) is 0 Å². The number of benzene rings is 2. The number of carbonyl (C=O) groups is 1. The molecule has 0 saturated carbocycles. The van der Waals surface area contributed by atoms with E-state index in [1.165, 1.54) is 26.4 Å². The average Bonchev–Trinajstić information content (AvgIpc) is 2.77. The zero-order valence-electron chi connectivity index (χ0n) is 16.4. The van der Waals surface area contributed by atoms with E-state index in [4.69, 9.17) is 19.3 Å². The summed E-state index contributed by atoms with van der Waals surface area (Å²) in [5, 5.41) is 49.3. The van der Waals surface area contributed by atoms with Crippen LogP contribution in [0.1, 0.15) is 22.0 Å². The Morgan fingerprint density at radius 1 is 0.967 bits per heavy atom. The second-order valence-electron chi connectivity index (χ2n) is 6.93. The molecule has 2 aromatic carbocycles. The number of aliphatic hydroxyl groups is 4. The molecule has 5 atom stereocenters. The summed E-state index contributed by atoms with van der Waals surface area (Å²) >= 11 is 0. The van der Waals surface area contributed by atoms with Gasteiger partial charge in [0.1, 0.15) is 42.0 Å². The lowest BCUT2D eigenvalue weighted by Gasteiger charge is -2.40. The molecule has 1 aliphatic rings. The van der Waals surface area contributed by atoms with Crippen LogP contribution in [0.4, 0.5) is 0 Å². The summed E-state index contributed by atoms with van der Waals surface area (Å²) in [5.74, 6) is -0.310. The lowest BCUT2D eigenvalue weighted by Crippen LogP contribution is -2.55. The first kappa shape index (κ1) is 22.0. The largest absolute Gasteiger partial charge is 0.496 e. The number of rotatable bonds is 6. The maximum atomic E-state index is 11.1. The van der Waals surface area contributed by atoms with Gasteiger partial charge < -0.3 is 39.7 Å². The highest BCUT2D eigenvalue weighted by Crippen LogP contribution is 2.43. The minimum atomic E-state index is -1.54. The molecule has 1 saturated heterocycles. The van der Waals surface area contributed by atoms with Crippen molar-refractivity contribution < 1.29 is 44.5 Å².